The average molecular weight is 367 g/mol. The summed E-state index contributed by atoms with van der Waals surface area (Å²) < 4.78 is 38.0. The van der Waals surface area contributed by atoms with Crippen molar-refractivity contribution in [2.24, 2.45) is 0 Å². The topological polar surface area (TPSA) is 63.6 Å². The number of fused-ring (bicyclic) bond motifs is 1. The summed E-state index contributed by atoms with van der Waals surface area (Å²) >= 11 is 0. The van der Waals surface area contributed by atoms with Crippen LogP contribution in [0, 0.1) is 0 Å². The SMILES string of the molecule is FC(F)(F)c1ccc(Nc2ncnc(-c3cccc4cccnc34)n2)cc1. The highest BCUT2D eigenvalue weighted by molar-refractivity contribution is 5.91. The Labute approximate surface area is 152 Å². The van der Waals surface area contributed by atoms with E-state index in [4.69, 9.17) is 0 Å². The second-order valence-electron chi connectivity index (χ2n) is 5.71. The smallest absolute Gasteiger partial charge is 0.324 e. The van der Waals surface area contributed by atoms with Crippen LogP contribution in [0.3, 0.4) is 0 Å². The fourth-order valence-corrected chi connectivity index (χ4v) is 2.64. The van der Waals surface area contributed by atoms with Crippen LogP contribution >= 0.6 is 0 Å². The first-order chi connectivity index (χ1) is 13.0. The van der Waals surface area contributed by atoms with Crippen LogP contribution in [0.4, 0.5) is 24.8 Å². The Balaban J connectivity index is 1.65. The summed E-state index contributed by atoms with van der Waals surface area (Å²) in [7, 11) is 0. The van der Waals surface area contributed by atoms with Gasteiger partial charge in [-0.15, -0.1) is 0 Å². The minimum Gasteiger partial charge on any atom is -0.324 e. The van der Waals surface area contributed by atoms with E-state index in [1.807, 2.05) is 30.3 Å². The van der Waals surface area contributed by atoms with Crippen molar-refractivity contribution in [1.82, 2.24) is 19.9 Å². The summed E-state index contributed by atoms with van der Waals surface area (Å²) in [4.78, 5) is 17.0. The molecule has 4 rings (SSSR count). The van der Waals surface area contributed by atoms with E-state index < -0.39 is 11.7 Å². The van der Waals surface area contributed by atoms with E-state index in [1.54, 1.807) is 6.20 Å². The number of hydrogen-bond donors (Lipinski definition) is 1. The van der Waals surface area contributed by atoms with Gasteiger partial charge >= 0.3 is 6.18 Å². The second kappa shape index (κ2) is 6.64. The van der Waals surface area contributed by atoms with Crippen molar-refractivity contribution in [1.29, 1.82) is 0 Å². The molecule has 0 unspecified atom stereocenters. The Morgan fingerprint density at radius 3 is 2.37 bits per heavy atom. The van der Waals surface area contributed by atoms with Crippen LogP contribution < -0.4 is 5.32 Å². The first-order valence-electron chi connectivity index (χ1n) is 7.98. The van der Waals surface area contributed by atoms with Crippen LogP contribution in [0.15, 0.2) is 67.1 Å². The van der Waals surface area contributed by atoms with Crippen molar-refractivity contribution < 1.29 is 13.2 Å². The third-order valence-corrected chi connectivity index (χ3v) is 3.91. The van der Waals surface area contributed by atoms with Gasteiger partial charge in [-0.25, -0.2) is 9.97 Å². The molecule has 1 N–H and O–H groups in total. The molecule has 27 heavy (non-hydrogen) atoms. The van der Waals surface area contributed by atoms with Crippen LogP contribution in [-0.2, 0) is 6.18 Å². The van der Waals surface area contributed by atoms with Gasteiger partial charge in [-0.05, 0) is 36.4 Å². The molecule has 0 radical (unpaired) electrons. The summed E-state index contributed by atoms with van der Waals surface area (Å²) in [6.07, 6.45) is -1.34. The Bertz CT molecular complexity index is 1090. The van der Waals surface area contributed by atoms with Gasteiger partial charge in [-0.1, -0.05) is 18.2 Å². The molecule has 8 heteroatoms. The average Bonchev–Trinajstić information content (AvgIpc) is 2.67. The molecule has 2 aromatic heterocycles. The summed E-state index contributed by atoms with van der Waals surface area (Å²) in [5, 5.41) is 3.84. The molecule has 0 amide bonds. The number of aromatic nitrogens is 4. The maximum absolute atomic E-state index is 12.7. The summed E-state index contributed by atoms with van der Waals surface area (Å²) in [5.41, 5.74) is 1.22. The summed E-state index contributed by atoms with van der Waals surface area (Å²) in [6, 6.07) is 14.1. The van der Waals surface area contributed by atoms with E-state index in [9.17, 15) is 13.2 Å². The zero-order valence-corrected chi connectivity index (χ0v) is 13.8. The van der Waals surface area contributed by atoms with Gasteiger partial charge in [0.15, 0.2) is 5.82 Å². The lowest BCUT2D eigenvalue weighted by Gasteiger charge is -2.09. The maximum Gasteiger partial charge on any atom is 0.416 e. The van der Waals surface area contributed by atoms with Crippen molar-refractivity contribution >= 4 is 22.5 Å². The Kier molecular flexibility index (Phi) is 4.15. The number of halogens is 3. The molecule has 0 aliphatic carbocycles. The molecule has 2 aromatic carbocycles. The van der Waals surface area contributed by atoms with Crippen molar-refractivity contribution in [3.63, 3.8) is 0 Å². The molecule has 0 spiro atoms. The van der Waals surface area contributed by atoms with Crippen LogP contribution in [0.2, 0.25) is 0 Å². The number of anilines is 2. The number of rotatable bonds is 3. The predicted octanol–water partition coefficient (Wildman–Crippen LogP) is 4.85. The fraction of sp³-hybridized carbons (Fsp3) is 0.0526. The molecule has 0 bridgehead atoms. The normalized spacial score (nSPS) is 11.5. The molecule has 0 saturated heterocycles. The third-order valence-electron chi connectivity index (χ3n) is 3.91. The number of hydrogen-bond acceptors (Lipinski definition) is 5. The molecular weight excluding hydrogens is 355 g/mol. The Morgan fingerprint density at radius 2 is 1.59 bits per heavy atom. The predicted molar refractivity (Wildman–Crippen MR) is 95.3 cm³/mol. The van der Waals surface area contributed by atoms with Gasteiger partial charge in [0.2, 0.25) is 5.95 Å². The lowest BCUT2D eigenvalue weighted by Crippen LogP contribution is -2.05. The van der Waals surface area contributed by atoms with E-state index in [-0.39, 0.29) is 5.95 Å². The van der Waals surface area contributed by atoms with Crippen LogP contribution in [0.5, 0.6) is 0 Å². The second-order valence-corrected chi connectivity index (χ2v) is 5.71. The Morgan fingerprint density at radius 1 is 0.815 bits per heavy atom. The van der Waals surface area contributed by atoms with Gasteiger partial charge in [-0.3, -0.25) is 4.98 Å². The number of nitrogens with zero attached hydrogens (tertiary/aromatic N) is 4. The van der Waals surface area contributed by atoms with Crippen molar-refractivity contribution in [2.75, 3.05) is 5.32 Å². The number of alkyl halides is 3. The van der Waals surface area contributed by atoms with Crippen LogP contribution in [0.25, 0.3) is 22.3 Å². The fourth-order valence-electron chi connectivity index (χ4n) is 2.64. The molecular formula is C19H12F3N5. The molecule has 134 valence electrons. The van der Waals surface area contributed by atoms with E-state index in [0.29, 0.717) is 11.5 Å². The molecule has 4 aromatic rings. The standard InChI is InChI=1S/C19H12F3N5/c20-19(21,22)13-6-8-14(9-7-13)26-18-25-11-24-17(27-18)15-5-1-3-12-4-2-10-23-16(12)15/h1-11H,(H,24,25,26,27). The van der Waals surface area contributed by atoms with Crippen molar-refractivity contribution in [3.05, 3.63) is 72.7 Å². The maximum atomic E-state index is 12.7. The highest BCUT2D eigenvalue weighted by Gasteiger charge is 2.29. The van der Waals surface area contributed by atoms with Crippen LogP contribution in [-0.4, -0.2) is 19.9 Å². The van der Waals surface area contributed by atoms with E-state index in [1.165, 1.54) is 18.5 Å². The minimum atomic E-state index is -4.37. The third kappa shape index (κ3) is 3.55. The molecule has 0 saturated carbocycles. The van der Waals surface area contributed by atoms with Crippen LogP contribution in [0.1, 0.15) is 5.56 Å². The number of pyridine rings is 1. The van der Waals surface area contributed by atoms with Gasteiger partial charge < -0.3 is 5.32 Å². The monoisotopic (exact) mass is 367 g/mol. The summed E-state index contributed by atoms with van der Waals surface area (Å²) in [6.45, 7) is 0. The van der Waals surface area contributed by atoms with Crippen molar-refractivity contribution in [2.45, 2.75) is 6.18 Å². The molecule has 0 atom stereocenters. The highest BCUT2D eigenvalue weighted by Crippen LogP contribution is 2.30. The highest BCUT2D eigenvalue weighted by atomic mass is 19.4. The zero-order valence-electron chi connectivity index (χ0n) is 13.8. The quantitative estimate of drug-likeness (QED) is 0.561. The molecule has 0 aliphatic heterocycles. The number of para-hydroxylation sites is 1. The lowest BCUT2D eigenvalue weighted by molar-refractivity contribution is -0.137. The van der Waals surface area contributed by atoms with E-state index in [2.05, 4.69) is 25.3 Å². The molecule has 5 nitrogen and oxygen atoms in total. The molecule has 0 fully saturated rings. The molecule has 2 heterocycles. The van der Waals surface area contributed by atoms with Gasteiger partial charge in [-0.2, -0.15) is 18.2 Å². The zero-order chi connectivity index (χ0) is 18.9. The minimum absolute atomic E-state index is 0.229. The lowest BCUT2D eigenvalue weighted by atomic mass is 10.1. The number of nitrogens with one attached hydrogen (secondary N) is 1. The van der Waals surface area contributed by atoms with Gasteiger partial charge in [0.1, 0.15) is 6.33 Å². The first kappa shape index (κ1) is 16.9. The van der Waals surface area contributed by atoms with Gasteiger partial charge in [0.05, 0.1) is 11.1 Å². The largest absolute Gasteiger partial charge is 0.416 e. The molecule has 0 aliphatic rings. The Hall–Kier alpha value is -3.55. The van der Waals surface area contributed by atoms with Gasteiger partial charge in [0, 0.05) is 22.8 Å². The summed E-state index contributed by atoms with van der Waals surface area (Å²) in [5.74, 6) is 0.649. The first-order valence-corrected chi connectivity index (χ1v) is 7.98. The number of benzene rings is 2. The van der Waals surface area contributed by atoms with E-state index in [0.717, 1.165) is 28.6 Å². The van der Waals surface area contributed by atoms with Crippen molar-refractivity contribution in [3.8, 4) is 11.4 Å². The van der Waals surface area contributed by atoms with E-state index >= 15 is 0 Å². The van der Waals surface area contributed by atoms with Gasteiger partial charge in [0.25, 0.3) is 0 Å².